The van der Waals surface area contributed by atoms with Gasteiger partial charge < -0.3 is 25.2 Å². The minimum atomic E-state index is -4.79. The van der Waals surface area contributed by atoms with Crippen molar-refractivity contribution in [2.24, 2.45) is 10.7 Å². The topological polar surface area (TPSA) is 114 Å². The van der Waals surface area contributed by atoms with Crippen LogP contribution >= 0.6 is 11.8 Å². The molecule has 2 amide bonds. The Morgan fingerprint density at radius 2 is 1.97 bits per heavy atom. The monoisotopic (exact) mass is 521 g/mol. The van der Waals surface area contributed by atoms with Crippen LogP contribution in [0.3, 0.4) is 0 Å². The number of alkyl halides is 3. The minimum Gasteiger partial charge on any atom is -0.493 e. The van der Waals surface area contributed by atoms with Crippen LogP contribution in [0.15, 0.2) is 46.3 Å². The third-order valence-electron chi connectivity index (χ3n) is 5.55. The number of nitrogens with zero attached hydrogens (tertiary/aromatic N) is 2. The van der Waals surface area contributed by atoms with Gasteiger partial charge in [0.15, 0.2) is 16.7 Å². The summed E-state index contributed by atoms with van der Waals surface area (Å²) in [5, 5.41) is 10.4. The largest absolute Gasteiger partial charge is 0.493 e. The van der Waals surface area contributed by atoms with Crippen LogP contribution in [0.4, 0.5) is 13.2 Å². The number of carbonyl (C=O) groups is 2. The van der Waals surface area contributed by atoms with Crippen LogP contribution < -0.4 is 15.2 Å². The van der Waals surface area contributed by atoms with Crippen molar-refractivity contribution in [3.05, 3.63) is 58.0 Å². The zero-order valence-corrected chi connectivity index (χ0v) is 19.9. The van der Waals surface area contributed by atoms with E-state index in [1.165, 1.54) is 31.0 Å². The number of hydrogen-bond acceptors (Lipinski definition) is 7. The van der Waals surface area contributed by atoms with Gasteiger partial charge >= 0.3 is 6.18 Å². The molecule has 0 bridgehead atoms. The lowest BCUT2D eigenvalue weighted by atomic mass is 10.1. The van der Waals surface area contributed by atoms with Crippen LogP contribution in [-0.4, -0.2) is 53.3 Å². The number of halogens is 3. The number of primary amides is 1. The Bertz CT molecular complexity index is 1260. The van der Waals surface area contributed by atoms with E-state index in [2.05, 4.69) is 4.99 Å². The van der Waals surface area contributed by atoms with Crippen LogP contribution in [0.1, 0.15) is 34.3 Å². The second-order valence-electron chi connectivity index (χ2n) is 8.14. The van der Waals surface area contributed by atoms with Gasteiger partial charge in [0.1, 0.15) is 5.75 Å². The number of amides is 2. The number of methoxy groups -OCH3 is 1. The zero-order chi connectivity index (χ0) is 26.0. The first-order chi connectivity index (χ1) is 17.0. The highest BCUT2D eigenvalue weighted by atomic mass is 32.2. The van der Waals surface area contributed by atoms with Crippen LogP contribution in [0.5, 0.6) is 17.2 Å². The smallest absolute Gasteiger partial charge is 0.420 e. The highest BCUT2D eigenvalue weighted by Gasteiger charge is 2.35. The van der Waals surface area contributed by atoms with Crippen LogP contribution in [-0.2, 0) is 11.0 Å². The Hall–Kier alpha value is -3.51. The summed E-state index contributed by atoms with van der Waals surface area (Å²) in [4.78, 5) is 30.1. The summed E-state index contributed by atoms with van der Waals surface area (Å²) < 4.78 is 51.5. The lowest BCUT2D eigenvalue weighted by Gasteiger charge is -2.30. The molecule has 2 aliphatic heterocycles. The van der Waals surface area contributed by atoms with E-state index < -0.39 is 35.4 Å². The van der Waals surface area contributed by atoms with Gasteiger partial charge in [-0.05, 0) is 66.6 Å². The molecule has 1 unspecified atom stereocenters. The van der Waals surface area contributed by atoms with Crippen molar-refractivity contribution in [2.75, 3.05) is 20.2 Å². The number of carbonyl (C=O) groups excluding carboxylic acids is 2. The van der Waals surface area contributed by atoms with E-state index in [0.717, 1.165) is 18.6 Å². The molecule has 0 saturated carbocycles. The molecule has 0 aliphatic carbocycles. The first-order valence-electron chi connectivity index (χ1n) is 10.9. The Kier molecular flexibility index (Phi) is 7.27. The van der Waals surface area contributed by atoms with E-state index in [1.54, 1.807) is 12.1 Å². The van der Waals surface area contributed by atoms with Crippen LogP contribution in [0.2, 0.25) is 0 Å². The number of aliphatic imine (C=N–C) groups is 1. The molecule has 1 atom stereocenters. The number of nitrogens with two attached hydrogens (primary N) is 1. The summed E-state index contributed by atoms with van der Waals surface area (Å²) in [6.45, 7) is 1.11. The highest BCUT2D eigenvalue weighted by Crippen LogP contribution is 2.41. The van der Waals surface area contributed by atoms with Gasteiger partial charge in [-0.3, -0.25) is 9.59 Å². The average molecular weight is 522 g/mol. The molecule has 3 N–H and O–H groups in total. The fraction of sp³-hybridized carbons (Fsp3) is 0.292. The number of ether oxygens (including phenoxy) is 2. The first kappa shape index (κ1) is 25.6. The fourth-order valence-electron chi connectivity index (χ4n) is 3.78. The lowest BCUT2D eigenvalue weighted by Crippen LogP contribution is -2.40. The maximum Gasteiger partial charge on any atom is 0.420 e. The molecule has 4 rings (SSSR count). The number of benzene rings is 2. The Balaban J connectivity index is 1.56. The predicted octanol–water partition coefficient (Wildman–Crippen LogP) is 4.03. The summed E-state index contributed by atoms with van der Waals surface area (Å²) in [7, 11) is 1.33. The van der Waals surface area contributed by atoms with Crippen molar-refractivity contribution in [1.29, 1.82) is 0 Å². The molecule has 0 aromatic heterocycles. The maximum atomic E-state index is 13.6. The molecule has 12 heteroatoms. The van der Waals surface area contributed by atoms with Crippen LogP contribution in [0.25, 0.3) is 6.08 Å². The standard InChI is InChI=1S/C24H22F3N3O5S/c1-34-19-9-13(10-20-22(33)29-23(36-20)30-8-2-3-15(31)12-30)4-6-18(19)35-17-7-5-14(21(28)32)11-16(17)24(25,26)27/h4-7,9-11,15,31H,2-3,8,12H2,1H3,(H2,28,32)/b20-10+. The summed E-state index contributed by atoms with van der Waals surface area (Å²) >= 11 is 1.19. The van der Waals surface area contributed by atoms with E-state index >= 15 is 0 Å². The summed E-state index contributed by atoms with van der Waals surface area (Å²) in [5.41, 5.74) is 4.19. The van der Waals surface area contributed by atoms with Crippen molar-refractivity contribution in [2.45, 2.75) is 25.1 Å². The second kappa shape index (κ2) is 10.2. The normalized spacial score (nSPS) is 19.4. The Morgan fingerprint density at radius 3 is 2.64 bits per heavy atom. The number of thioether (sulfide) groups is 1. The summed E-state index contributed by atoms with van der Waals surface area (Å²) in [6, 6.07) is 7.28. The van der Waals surface area contributed by atoms with E-state index in [9.17, 15) is 27.9 Å². The van der Waals surface area contributed by atoms with Gasteiger partial charge in [-0.15, -0.1) is 0 Å². The minimum absolute atomic E-state index is 0.00150. The molecule has 2 aromatic carbocycles. The fourth-order valence-corrected chi connectivity index (χ4v) is 4.73. The van der Waals surface area contributed by atoms with E-state index in [4.69, 9.17) is 15.2 Å². The van der Waals surface area contributed by atoms with Crippen molar-refractivity contribution >= 4 is 34.8 Å². The molecule has 1 fully saturated rings. The van der Waals surface area contributed by atoms with Crippen molar-refractivity contribution in [1.82, 2.24) is 4.90 Å². The van der Waals surface area contributed by atoms with E-state index in [1.807, 2.05) is 4.90 Å². The van der Waals surface area contributed by atoms with Gasteiger partial charge in [-0.2, -0.15) is 18.2 Å². The summed E-state index contributed by atoms with van der Waals surface area (Å²) in [5.74, 6) is -1.81. The number of aliphatic hydroxyl groups is 1. The molecule has 2 aliphatic rings. The first-order valence-corrected chi connectivity index (χ1v) is 11.7. The number of β-amino-alcohol motifs (C(OH)–C–C–N with tert-alkyl or cyclic N) is 1. The quantitative estimate of drug-likeness (QED) is 0.571. The van der Waals surface area contributed by atoms with Crippen molar-refractivity contribution < 1.29 is 37.3 Å². The Labute approximate surface area is 208 Å². The van der Waals surface area contributed by atoms with Crippen molar-refractivity contribution in [3.8, 4) is 17.2 Å². The third kappa shape index (κ3) is 5.65. The van der Waals surface area contributed by atoms with Crippen molar-refractivity contribution in [3.63, 3.8) is 0 Å². The molecule has 1 saturated heterocycles. The van der Waals surface area contributed by atoms with Gasteiger partial charge in [-0.1, -0.05) is 6.07 Å². The molecular formula is C24H22F3N3O5S. The number of rotatable bonds is 5. The van der Waals surface area contributed by atoms with Gasteiger partial charge in [0.2, 0.25) is 5.91 Å². The Morgan fingerprint density at radius 1 is 1.22 bits per heavy atom. The molecule has 190 valence electrons. The second-order valence-corrected chi connectivity index (χ2v) is 9.15. The third-order valence-corrected chi connectivity index (χ3v) is 6.60. The van der Waals surface area contributed by atoms with E-state index in [0.29, 0.717) is 41.2 Å². The van der Waals surface area contributed by atoms with Gasteiger partial charge in [0.25, 0.3) is 5.91 Å². The zero-order valence-electron chi connectivity index (χ0n) is 19.0. The average Bonchev–Trinajstić information content (AvgIpc) is 3.19. The molecule has 36 heavy (non-hydrogen) atoms. The highest BCUT2D eigenvalue weighted by molar-refractivity contribution is 8.18. The molecule has 0 spiro atoms. The molecule has 8 nitrogen and oxygen atoms in total. The van der Waals surface area contributed by atoms with Gasteiger partial charge in [0, 0.05) is 18.7 Å². The van der Waals surface area contributed by atoms with E-state index in [-0.39, 0.29) is 17.1 Å². The molecule has 2 heterocycles. The number of aliphatic hydroxyl groups excluding tert-OH is 1. The van der Waals surface area contributed by atoms with Gasteiger partial charge in [0.05, 0.1) is 23.7 Å². The molecule has 2 aromatic rings. The number of piperidine rings is 1. The lowest BCUT2D eigenvalue weighted by molar-refractivity contribution is -0.138. The number of likely N-dealkylation sites (tertiary alicyclic amines) is 1. The molecule has 0 radical (unpaired) electrons. The number of hydrogen-bond donors (Lipinski definition) is 2. The predicted molar refractivity (Wildman–Crippen MR) is 128 cm³/mol. The SMILES string of the molecule is COc1cc(/C=C2/SC(N3CCCC(O)C3)=NC2=O)ccc1Oc1ccc(C(N)=O)cc1C(F)(F)F. The maximum absolute atomic E-state index is 13.6. The van der Waals surface area contributed by atoms with Gasteiger partial charge in [-0.25, -0.2) is 0 Å². The summed E-state index contributed by atoms with van der Waals surface area (Å²) in [6.07, 6.45) is -2.15. The van der Waals surface area contributed by atoms with Crippen LogP contribution in [0, 0.1) is 0 Å². The number of amidine groups is 1. The molecular weight excluding hydrogens is 499 g/mol.